The lowest BCUT2D eigenvalue weighted by molar-refractivity contribution is 0.0733. The zero-order chi connectivity index (χ0) is 17.2. The summed E-state index contributed by atoms with van der Waals surface area (Å²) in [4.78, 5) is 14.5. The van der Waals surface area contributed by atoms with E-state index in [9.17, 15) is 9.18 Å². The van der Waals surface area contributed by atoms with Crippen LogP contribution in [0.2, 0.25) is 0 Å². The number of carbonyl (C=O) groups is 1. The van der Waals surface area contributed by atoms with E-state index in [1.165, 1.54) is 17.7 Å². The number of ether oxygens (including phenoxy) is 1. The summed E-state index contributed by atoms with van der Waals surface area (Å²) in [5.41, 5.74) is 3.20. The molecule has 0 unspecified atom stereocenters. The van der Waals surface area contributed by atoms with E-state index in [-0.39, 0.29) is 24.0 Å². The van der Waals surface area contributed by atoms with E-state index in [1.807, 2.05) is 18.2 Å². The molecule has 25 heavy (non-hydrogen) atoms. The average Bonchev–Trinajstić information content (AvgIpc) is 2.60. The SMILES string of the molecule is O=C(OC[C@H]1CCN1)N1CCc2ccccc2[C@@H]1c1ccc(F)cc1. The van der Waals surface area contributed by atoms with Gasteiger partial charge in [0.05, 0.1) is 6.04 Å². The van der Waals surface area contributed by atoms with Gasteiger partial charge < -0.3 is 10.1 Å². The molecular weight excluding hydrogens is 319 g/mol. The first kappa shape index (κ1) is 16.1. The summed E-state index contributed by atoms with van der Waals surface area (Å²) >= 11 is 0. The molecule has 2 aliphatic heterocycles. The van der Waals surface area contributed by atoms with E-state index < -0.39 is 0 Å². The first-order chi connectivity index (χ1) is 12.2. The molecule has 0 spiro atoms. The van der Waals surface area contributed by atoms with E-state index in [1.54, 1.807) is 17.0 Å². The van der Waals surface area contributed by atoms with Crippen molar-refractivity contribution in [2.24, 2.45) is 0 Å². The maximum atomic E-state index is 13.3. The number of amides is 1. The van der Waals surface area contributed by atoms with Crippen LogP contribution < -0.4 is 5.32 Å². The van der Waals surface area contributed by atoms with E-state index in [0.29, 0.717) is 13.2 Å². The maximum Gasteiger partial charge on any atom is 0.410 e. The highest BCUT2D eigenvalue weighted by Gasteiger charge is 2.33. The third-order valence-corrected chi connectivity index (χ3v) is 5.04. The van der Waals surface area contributed by atoms with E-state index in [4.69, 9.17) is 4.74 Å². The van der Waals surface area contributed by atoms with Crippen LogP contribution in [-0.4, -0.2) is 36.7 Å². The topological polar surface area (TPSA) is 41.6 Å². The molecule has 1 N–H and O–H groups in total. The van der Waals surface area contributed by atoms with Gasteiger partial charge >= 0.3 is 6.09 Å². The number of rotatable bonds is 3. The van der Waals surface area contributed by atoms with Crippen LogP contribution in [-0.2, 0) is 11.2 Å². The summed E-state index contributed by atoms with van der Waals surface area (Å²) in [6.45, 7) is 1.97. The van der Waals surface area contributed by atoms with Gasteiger partial charge in [-0.25, -0.2) is 9.18 Å². The second kappa shape index (κ2) is 6.84. The first-order valence-electron chi connectivity index (χ1n) is 8.72. The van der Waals surface area contributed by atoms with Crippen LogP contribution in [0.3, 0.4) is 0 Å². The van der Waals surface area contributed by atoms with Crippen molar-refractivity contribution in [3.8, 4) is 0 Å². The molecule has 2 aromatic carbocycles. The fourth-order valence-corrected chi connectivity index (χ4v) is 3.51. The molecule has 0 saturated carbocycles. The molecule has 5 heteroatoms. The molecule has 1 fully saturated rings. The number of fused-ring (bicyclic) bond motifs is 1. The van der Waals surface area contributed by atoms with Gasteiger partial charge in [-0.2, -0.15) is 0 Å². The Morgan fingerprint density at radius 2 is 1.96 bits per heavy atom. The lowest BCUT2D eigenvalue weighted by Crippen LogP contribution is -2.48. The Morgan fingerprint density at radius 3 is 2.68 bits per heavy atom. The molecule has 0 radical (unpaired) electrons. The molecule has 0 aromatic heterocycles. The van der Waals surface area contributed by atoms with Gasteiger partial charge in [0.2, 0.25) is 0 Å². The van der Waals surface area contributed by atoms with Gasteiger partial charge in [-0.1, -0.05) is 36.4 Å². The van der Waals surface area contributed by atoms with Crippen molar-refractivity contribution in [2.75, 3.05) is 19.7 Å². The highest BCUT2D eigenvalue weighted by atomic mass is 19.1. The van der Waals surface area contributed by atoms with Crippen molar-refractivity contribution < 1.29 is 13.9 Å². The standard InChI is InChI=1S/C20H21FN2O2/c21-16-7-5-15(6-8-16)19-18-4-2-1-3-14(18)10-12-23(19)20(24)25-13-17-9-11-22-17/h1-8,17,19,22H,9-13H2/t17-,19+/m1/s1. The van der Waals surface area contributed by atoms with Gasteiger partial charge in [0.1, 0.15) is 12.4 Å². The normalized spacial score (nSPS) is 22.0. The molecule has 130 valence electrons. The Bertz CT molecular complexity index is 759. The van der Waals surface area contributed by atoms with E-state index in [2.05, 4.69) is 11.4 Å². The van der Waals surface area contributed by atoms with E-state index in [0.717, 1.165) is 30.5 Å². The lowest BCUT2D eigenvalue weighted by Gasteiger charge is -2.37. The molecule has 2 aromatic rings. The number of halogens is 1. The van der Waals surface area contributed by atoms with Crippen LogP contribution in [0, 0.1) is 5.82 Å². The number of hydrogen-bond acceptors (Lipinski definition) is 3. The van der Waals surface area contributed by atoms with Gasteiger partial charge in [-0.15, -0.1) is 0 Å². The van der Waals surface area contributed by atoms with Crippen LogP contribution >= 0.6 is 0 Å². The minimum atomic E-state index is -0.308. The highest BCUT2D eigenvalue weighted by Crippen LogP contribution is 2.35. The van der Waals surface area contributed by atoms with Crippen molar-refractivity contribution in [1.29, 1.82) is 0 Å². The Hall–Kier alpha value is -2.40. The van der Waals surface area contributed by atoms with Crippen molar-refractivity contribution in [2.45, 2.75) is 24.9 Å². The summed E-state index contributed by atoms with van der Waals surface area (Å²) in [5.74, 6) is -0.280. The third kappa shape index (κ3) is 3.24. The molecule has 0 bridgehead atoms. The molecular formula is C20H21FN2O2. The molecule has 2 heterocycles. The van der Waals surface area contributed by atoms with Crippen LogP contribution in [0.5, 0.6) is 0 Å². The van der Waals surface area contributed by atoms with Gasteiger partial charge in [-0.05, 0) is 48.2 Å². The molecule has 2 atom stereocenters. The molecule has 1 saturated heterocycles. The lowest BCUT2D eigenvalue weighted by atomic mass is 9.88. The summed E-state index contributed by atoms with van der Waals surface area (Å²) in [6.07, 6.45) is 1.53. The Labute approximate surface area is 146 Å². The van der Waals surface area contributed by atoms with Gasteiger partial charge in [0, 0.05) is 12.6 Å². The molecule has 2 aliphatic rings. The summed E-state index contributed by atoms with van der Waals surface area (Å²) < 4.78 is 18.9. The largest absolute Gasteiger partial charge is 0.448 e. The molecule has 0 aliphatic carbocycles. The molecule has 1 amide bonds. The van der Waals surface area contributed by atoms with Gasteiger partial charge in [0.25, 0.3) is 0 Å². The van der Waals surface area contributed by atoms with Crippen molar-refractivity contribution >= 4 is 6.09 Å². The van der Waals surface area contributed by atoms with Crippen molar-refractivity contribution in [3.63, 3.8) is 0 Å². The van der Waals surface area contributed by atoms with Crippen LogP contribution in [0.15, 0.2) is 48.5 Å². The predicted molar refractivity (Wildman–Crippen MR) is 92.9 cm³/mol. The third-order valence-electron chi connectivity index (χ3n) is 5.04. The van der Waals surface area contributed by atoms with Gasteiger partial charge in [-0.3, -0.25) is 4.90 Å². The number of benzene rings is 2. The Morgan fingerprint density at radius 1 is 1.20 bits per heavy atom. The second-order valence-corrected chi connectivity index (χ2v) is 6.61. The summed E-state index contributed by atoms with van der Waals surface area (Å²) in [5, 5.41) is 3.23. The molecule has 4 nitrogen and oxygen atoms in total. The zero-order valence-electron chi connectivity index (χ0n) is 14.0. The summed E-state index contributed by atoms with van der Waals surface area (Å²) in [7, 11) is 0. The van der Waals surface area contributed by atoms with Crippen molar-refractivity contribution in [1.82, 2.24) is 10.2 Å². The van der Waals surface area contributed by atoms with Crippen LogP contribution in [0.1, 0.15) is 29.2 Å². The number of carbonyl (C=O) groups excluding carboxylic acids is 1. The van der Waals surface area contributed by atoms with E-state index >= 15 is 0 Å². The zero-order valence-corrected chi connectivity index (χ0v) is 14.0. The predicted octanol–water partition coefficient (Wildman–Crippen LogP) is 3.27. The van der Waals surface area contributed by atoms with Gasteiger partial charge in [0.15, 0.2) is 0 Å². The second-order valence-electron chi connectivity index (χ2n) is 6.61. The minimum absolute atomic E-state index is 0.243. The number of hydrogen-bond donors (Lipinski definition) is 1. The quantitative estimate of drug-likeness (QED) is 0.932. The maximum absolute atomic E-state index is 13.3. The summed E-state index contributed by atoms with van der Waals surface area (Å²) in [6, 6.07) is 14.5. The van der Waals surface area contributed by atoms with Crippen molar-refractivity contribution in [3.05, 3.63) is 71.0 Å². The minimum Gasteiger partial charge on any atom is -0.448 e. The average molecular weight is 340 g/mol. The highest BCUT2D eigenvalue weighted by molar-refractivity contribution is 5.70. The monoisotopic (exact) mass is 340 g/mol. The fourth-order valence-electron chi connectivity index (χ4n) is 3.51. The first-order valence-corrected chi connectivity index (χ1v) is 8.72. The van der Waals surface area contributed by atoms with Crippen LogP contribution in [0.25, 0.3) is 0 Å². The number of nitrogens with one attached hydrogen (secondary N) is 1. The Kier molecular flexibility index (Phi) is 4.40. The smallest absolute Gasteiger partial charge is 0.410 e. The number of nitrogens with zero attached hydrogens (tertiary/aromatic N) is 1. The fraction of sp³-hybridized carbons (Fsp3) is 0.350. The van der Waals surface area contributed by atoms with Crippen LogP contribution in [0.4, 0.5) is 9.18 Å². The molecule has 4 rings (SSSR count). The Balaban J connectivity index is 1.62.